The number of benzene rings is 1. The Hall–Kier alpha value is -1.83. The minimum atomic E-state index is -0.326. The Labute approximate surface area is 96.2 Å². The van der Waals surface area contributed by atoms with E-state index in [0.29, 0.717) is 0 Å². The second kappa shape index (κ2) is 6.62. The predicted molar refractivity (Wildman–Crippen MR) is 65.1 cm³/mol. The van der Waals surface area contributed by atoms with Gasteiger partial charge in [-0.2, -0.15) is 0 Å². The van der Waals surface area contributed by atoms with Gasteiger partial charge < -0.3 is 4.74 Å². The van der Waals surface area contributed by atoms with E-state index in [1.807, 2.05) is 25.1 Å². The maximum absolute atomic E-state index is 10.9. The molecule has 1 aromatic rings. The van der Waals surface area contributed by atoms with Crippen molar-refractivity contribution < 1.29 is 9.53 Å². The molecule has 0 saturated carbocycles. The molecule has 0 aliphatic carbocycles. The highest BCUT2D eigenvalue weighted by Gasteiger charge is 1.91. The molecule has 0 fully saturated rings. The van der Waals surface area contributed by atoms with Crippen molar-refractivity contribution in [2.24, 2.45) is 0 Å². The van der Waals surface area contributed by atoms with Gasteiger partial charge in [0.25, 0.3) is 0 Å². The van der Waals surface area contributed by atoms with Crippen LogP contribution in [0.4, 0.5) is 0 Å². The Balaban J connectivity index is 2.52. The largest absolute Gasteiger partial charge is 0.466 e. The fourth-order valence-electron chi connectivity index (χ4n) is 1.23. The van der Waals surface area contributed by atoms with Crippen molar-refractivity contribution in [2.45, 2.75) is 13.3 Å². The van der Waals surface area contributed by atoms with Gasteiger partial charge in [0.2, 0.25) is 0 Å². The maximum Gasteiger partial charge on any atom is 0.330 e. The lowest BCUT2D eigenvalue weighted by Crippen LogP contribution is -1.93. The molecule has 1 aromatic carbocycles. The number of esters is 1. The standard InChI is InChI=1S/C14H16O2/c1-12(9-11-14(15)16-2)8-10-13-6-4-3-5-7-13/h3-9,11H,10H2,1-2H3/b11-9-,12-8+. The lowest BCUT2D eigenvalue weighted by Gasteiger charge is -1.96. The third kappa shape index (κ3) is 4.60. The summed E-state index contributed by atoms with van der Waals surface area (Å²) in [5.74, 6) is -0.326. The molecular formula is C14H16O2. The van der Waals surface area contributed by atoms with Gasteiger partial charge in [-0.15, -0.1) is 0 Å². The minimum Gasteiger partial charge on any atom is -0.466 e. The summed E-state index contributed by atoms with van der Waals surface area (Å²) in [4.78, 5) is 10.9. The molecule has 0 N–H and O–H groups in total. The summed E-state index contributed by atoms with van der Waals surface area (Å²) in [5, 5.41) is 0. The highest BCUT2D eigenvalue weighted by molar-refractivity contribution is 5.82. The average Bonchev–Trinajstić information content (AvgIpc) is 2.34. The third-order valence-corrected chi connectivity index (χ3v) is 2.19. The molecule has 0 spiro atoms. The molecule has 1 rings (SSSR count). The zero-order valence-electron chi connectivity index (χ0n) is 9.64. The van der Waals surface area contributed by atoms with E-state index in [1.165, 1.54) is 18.7 Å². The van der Waals surface area contributed by atoms with Crippen LogP contribution in [0.25, 0.3) is 0 Å². The quantitative estimate of drug-likeness (QED) is 0.439. The van der Waals surface area contributed by atoms with Crippen molar-refractivity contribution in [1.82, 2.24) is 0 Å². The lowest BCUT2D eigenvalue weighted by atomic mass is 10.1. The summed E-state index contributed by atoms with van der Waals surface area (Å²) in [6.07, 6.45) is 6.14. The molecule has 0 aliphatic rings. The van der Waals surface area contributed by atoms with Gasteiger partial charge in [-0.25, -0.2) is 4.79 Å². The minimum absolute atomic E-state index is 0.326. The summed E-state index contributed by atoms with van der Waals surface area (Å²) >= 11 is 0. The summed E-state index contributed by atoms with van der Waals surface area (Å²) in [7, 11) is 1.37. The molecule has 0 bridgehead atoms. The van der Waals surface area contributed by atoms with Gasteiger partial charge in [0, 0.05) is 6.08 Å². The molecule has 16 heavy (non-hydrogen) atoms. The molecule has 0 radical (unpaired) electrons. The van der Waals surface area contributed by atoms with Crippen molar-refractivity contribution in [1.29, 1.82) is 0 Å². The van der Waals surface area contributed by atoms with Gasteiger partial charge in [-0.1, -0.05) is 48.1 Å². The second-order valence-corrected chi connectivity index (χ2v) is 3.49. The van der Waals surface area contributed by atoms with E-state index < -0.39 is 0 Å². The van der Waals surface area contributed by atoms with E-state index >= 15 is 0 Å². The molecular weight excluding hydrogens is 200 g/mol. The predicted octanol–water partition coefficient (Wildman–Crippen LogP) is 2.90. The highest BCUT2D eigenvalue weighted by Crippen LogP contribution is 2.03. The Morgan fingerprint density at radius 2 is 1.94 bits per heavy atom. The Morgan fingerprint density at radius 3 is 2.56 bits per heavy atom. The summed E-state index contributed by atoms with van der Waals surface area (Å²) in [6.45, 7) is 1.96. The summed E-state index contributed by atoms with van der Waals surface area (Å²) < 4.78 is 4.51. The van der Waals surface area contributed by atoms with E-state index in [9.17, 15) is 4.79 Å². The van der Waals surface area contributed by atoms with Crippen LogP contribution in [0.3, 0.4) is 0 Å². The van der Waals surface area contributed by atoms with Crippen molar-refractivity contribution in [2.75, 3.05) is 7.11 Å². The second-order valence-electron chi connectivity index (χ2n) is 3.49. The smallest absolute Gasteiger partial charge is 0.330 e. The van der Waals surface area contributed by atoms with Crippen molar-refractivity contribution in [3.05, 3.63) is 59.7 Å². The fraction of sp³-hybridized carbons (Fsp3) is 0.214. The first-order valence-corrected chi connectivity index (χ1v) is 5.19. The number of carbonyl (C=O) groups excluding carboxylic acids is 1. The molecule has 0 atom stereocenters. The number of ether oxygens (including phenoxy) is 1. The van der Waals surface area contributed by atoms with E-state index in [2.05, 4.69) is 22.9 Å². The molecule has 0 unspecified atom stereocenters. The van der Waals surface area contributed by atoms with E-state index in [-0.39, 0.29) is 5.97 Å². The van der Waals surface area contributed by atoms with Crippen LogP contribution < -0.4 is 0 Å². The van der Waals surface area contributed by atoms with Crippen LogP contribution in [-0.4, -0.2) is 13.1 Å². The summed E-state index contributed by atoms with van der Waals surface area (Å²) in [6, 6.07) is 10.2. The van der Waals surface area contributed by atoms with E-state index in [4.69, 9.17) is 0 Å². The van der Waals surface area contributed by atoms with Crippen LogP contribution in [0.5, 0.6) is 0 Å². The number of rotatable bonds is 4. The van der Waals surface area contributed by atoms with Gasteiger partial charge in [-0.05, 0) is 18.9 Å². The van der Waals surface area contributed by atoms with Crippen LogP contribution in [-0.2, 0) is 16.0 Å². The van der Waals surface area contributed by atoms with E-state index in [0.717, 1.165) is 12.0 Å². The number of allylic oxidation sites excluding steroid dienone is 3. The van der Waals surface area contributed by atoms with Crippen LogP contribution in [0.15, 0.2) is 54.1 Å². The van der Waals surface area contributed by atoms with Crippen LogP contribution in [0, 0.1) is 0 Å². The number of hydrogen-bond acceptors (Lipinski definition) is 2. The SMILES string of the molecule is COC(=O)/C=C\C(C)=C\Cc1ccccc1. The lowest BCUT2D eigenvalue weighted by molar-refractivity contribution is -0.134. The van der Waals surface area contributed by atoms with Gasteiger partial charge >= 0.3 is 5.97 Å². The van der Waals surface area contributed by atoms with Crippen molar-refractivity contribution >= 4 is 5.97 Å². The number of carbonyl (C=O) groups is 1. The molecule has 0 aromatic heterocycles. The van der Waals surface area contributed by atoms with Gasteiger partial charge in [0.05, 0.1) is 7.11 Å². The molecule has 0 amide bonds. The van der Waals surface area contributed by atoms with Crippen LogP contribution >= 0.6 is 0 Å². The molecule has 2 nitrogen and oxygen atoms in total. The Kier molecular flexibility index (Phi) is 5.06. The van der Waals surface area contributed by atoms with Crippen molar-refractivity contribution in [3.8, 4) is 0 Å². The van der Waals surface area contributed by atoms with Crippen LogP contribution in [0.1, 0.15) is 12.5 Å². The third-order valence-electron chi connectivity index (χ3n) is 2.19. The molecule has 0 aliphatic heterocycles. The van der Waals surface area contributed by atoms with Gasteiger partial charge in [0.1, 0.15) is 0 Å². The Morgan fingerprint density at radius 1 is 1.25 bits per heavy atom. The Bertz CT molecular complexity index is 388. The van der Waals surface area contributed by atoms with Crippen LogP contribution in [0.2, 0.25) is 0 Å². The maximum atomic E-state index is 10.9. The first kappa shape index (κ1) is 12.2. The fourth-order valence-corrected chi connectivity index (χ4v) is 1.23. The zero-order valence-corrected chi connectivity index (χ0v) is 9.64. The first-order valence-electron chi connectivity index (χ1n) is 5.19. The molecule has 2 heteroatoms. The topological polar surface area (TPSA) is 26.3 Å². The molecule has 0 saturated heterocycles. The highest BCUT2D eigenvalue weighted by atomic mass is 16.5. The number of methoxy groups -OCH3 is 1. The first-order chi connectivity index (χ1) is 7.72. The number of hydrogen-bond donors (Lipinski definition) is 0. The normalized spacial score (nSPS) is 11.8. The van der Waals surface area contributed by atoms with Gasteiger partial charge in [0.15, 0.2) is 0 Å². The monoisotopic (exact) mass is 216 g/mol. The summed E-state index contributed by atoms with van der Waals surface area (Å²) in [5.41, 5.74) is 2.31. The molecule has 0 heterocycles. The van der Waals surface area contributed by atoms with E-state index in [1.54, 1.807) is 6.08 Å². The average molecular weight is 216 g/mol. The van der Waals surface area contributed by atoms with Gasteiger partial charge in [-0.3, -0.25) is 0 Å². The van der Waals surface area contributed by atoms with Crippen molar-refractivity contribution in [3.63, 3.8) is 0 Å². The molecule has 84 valence electrons. The zero-order chi connectivity index (χ0) is 11.8.